The molecule has 1 N–H and O–H groups in total. The first-order valence-corrected chi connectivity index (χ1v) is 9.58. The molecule has 0 aliphatic carbocycles. The van der Waals surface area contributed by atoms with Crippen LogP contribution in [0.25, 0.3) is 22.5 Å². The highest BCUT2D eigenvalue weighted by Gasteiger charge is 2.14. The van der Waals surface area contributed by atoms with Gasteiger partial charge in [-0.2, -0.15) is 0 Å². The van der Waals surface area contributed by atoms with E-state index in [1.807, 2.05) is 60.7 Å². The molecule has 8 heteroatoms. The topological polar surface area (TPSA) is 94.0 Å². The highest BCUT2D eigenvalue weighted by Crippen LogP contribution is 2.32. The number of thioether (sulfide) groups is 1. The molecule has 0 bridgehead atoms. The number of H-pyrrole nitrogens is 1. The predicted molar refractivity (Wildman–Crippen MR) is 105 cm³/mol. The number of rotatable bonds is 6. The molecule has 0 aliphatic rings. The van der Waals surface area contributed by atoms with E-state index >= 15 is 0 Å². The zero-order chi connectivity index (χ0) is 19.3. The summed E-state index contributed by atoms with van der Waals surface area (Å²) in [5, 5.41) is 16.4. The maximum absolute atomic E-state index is 12.1. The number of hydrogen-bond acceptors (Lipinski definition) is 6. The third kappa shape index (κ3) is 4.12. The summed E-state index contributed by atoms with van der Waals surface area (Å²) in [6, 6.07) is 19.9. The van der Waals surface area contributed by atoms with Crippen LogP contribution in [-0.2, 0) is 7.05 Å². The summed E-state index contributed by atoms with van der Waals surface area (Å²) >= 11 is 1.30. The third-order valence-corrected chi connectivity index (χ3v) is 4.78. The SMILES string of the molecule is C[n+]1cc(/N=C(/[O-])CSc2nc(-c3ccccc3)c(-c3ccccc3)[nH]2)on1. The normalized spacial score (nSPS) is 11.7. The molecule has 2 aromatic heterocycles. The second-order valence-corrected chi connectivity index (χ2v) is 6.97. The van der Waals surface area contributed by atoms with E-state index in [4.69, 9.17) is 9.51 Å². The van der Waals surface area contributed by atoms with Crippen molar-refractivity contribution >= 4 is 23.5 Å². The quantitative estimate of drug-likeness (QED) is 0.236. The molecule has 0 saturated carbocycles. The number of aryl methyl sites for hydroxylation is 1. The van der Waals surface area contributed by atoms with Gasteiger partial charge >= 0.3 is 5.88 Å². The molecule has 7 nitrogen and oxygen atoms in total. The van der Waals surface area contributed by atoms with Gasteiger partial charge in [0.15, 0.2) is 17.5 Å². The van der Waals surface area contributed by atoms with Gasteiger partial charge in [-0.05, 0) is 5.90 Å². The molecule has 0 unspecified atom stereocenters. The minimum Gasteiger partial charge on any atom is -0.861 e. The van der Waals surface area contributed by atoms with E-state index in [9.17, 15) is 5.11 Å². The van der Waals surface area contributed by atoms with Crippen LogP contribution in [0.2, 0.25) is 0 Å². The van der Waals surface area contributed by atoms with Gasteiger partial charge in [0.05, 0.1) is 11.4 Å². The lowest BCUT2D eigenvalue weighted by molar-refractivity contribution is -0.739. The van der Waals surface area contributed by atoms with E-state index in [0.29, 0.717) is 5.16 Å². The molecular formula is C20H17N5O2S. The van der Waals surface area contributed by atoms with Crippen molar-refractivity contribution in [1.82, 2.24) is 15.2 Å². The van der Waals surface area contributed by atoms with E-state index < -0.39 is 0 Å². The van der Waals surface area contributed by atoms with Gasteiger partial charge in [0.25, 0.3) is 6.20 Å². The lowest BCUT2D eigenvalue weighted by Crippen LogP contribution is -2.27. The lowest BCUT2D eigenvalue weighted by Gasteiger charge is -2.06. The Morgan fingerprint density at radius 3 is 2.43 bits per heavy atom. The largest absolute Gasteiger partial charge is 0.861 e. The minimum atomic E-state index is -0.319. The number of aliphatic imine (C=N–C) groups is 1. The van der Waals surface area contributed by atoms with E-state index in [-0.39, 0.29) is 17.5 Å². The van der Waals surface area contributed by atoms with E-state index in [1.165, 1.54) is 22.6 Å². The fourth-order valence-electron chi connectivity index (χ4n) is 2.69. The monoisotopic (exact) mass is 391 g/mol. The number of nitrogens with one attached hydrogen (secondary N) is 1. The molecule has 4 rings (SSSR count). The van der Waals surface area contributed by atoms with Crippen molar-refractivity contribution < 1.29 is 14.3 Å². The Labute approximate surface area is 165 Å². The number of imidazole rings is 1. The Morgan fingerprint density at radius 1 is 1.11 bits per heavy atom. The second kappa shape index (κ2) is 8.10. The van der Waals surface area contributed by atoms with Crippen LogP contribution in [0.1, 0.15) is 0 Å². The van der Waals surface area contributed by atoms with Gasteiger partial charge in [0.1, 0.15) is 0 Å². The van der Waals surface area contributed by atoms with Crippen LogP contribution >= 0.6 is 11.8 Å². The minimum absolute atomic E-state index is 0.139. The Morgan fingerprint density at radius 2 is 1.79 bits per heavy atom. The number of benzene rings is 2. The van der Waals surface area contributed by atoms with E-state index in [1.54, 1.807) is 7.05 Å². The highest BCUT2D eigenvalue weighted by atomic mass is 32.2. The number of aromatic amines is 1. The zero-order valence-electron chi connectivity index (χ0n) is 15.1. The average Bonchev–Trinajstić information content (AvgIpc) is 3.34. The smallest absolute Gasteiger partial charge is 0.320 e. The van der Waals surface area contributed by atoms with Gasteiger partial charge in [-0.15, -0.1) is 0 Å². The van der Waals surface area contributed by atoms with Crippen LogP contribution in [0.5, 0.6) is 0 Å². The van der Waals surface area contributed by atoms with Crippen molar-refractivity contribution in [2.75, 3.05) is 5.75 Å². The van der Waals surface area contributed by atoms with Gasteiger partial charge < -0.3 is 10.1 Å². The average molecular weight is 391 g/mol. The summed E-state index contributed by atoms with van der Waals surface area (Å²) in [5.74, 6) is 0.00332. The van der Waals surface area contributed by atoms with Gasteiger partial charge in [-0.25, -0.2) is 9.98 Å². The van der Waals surface area contributed by atoms with E-state index in [0.717, 1.165) is 22.5 Å². The van der Waals surface area contributed by atoms with Crippen LogP contribution in [0, 0.1) is 0 Å². The highest BCUT2D eigenvalue weighted by molar-refractivity contribution is 7.99. The maximum atomic E-state index is 12.1. The summed E-state index contributed by atoms with van der Waals surface area (Å²) in [5.41, 5.74) is 3.81. The van der Waals surface area contributed by atoms with Crippen molar-refractivity contribution in [3.63, 3.8) is 0 Å². The van der Waals surface area contributed by atoms with Crippen molar-refractivity contribution in [2.24, 2.45) is 12.0 Å². The number of aromatic nitrogens is 4. The molecule has 0 amide bonds. The van der Waals surface area contributed by atoms with Gasteiger partial charge in [-0.1, -0.05) is 77.1 Å². The summed E-state index contributed by atoms with van der Waals surface area (Å²) in [6.45, 7) is 0. The van der Waals surface area contributed by atoms with Gasteiger partial charge in [0.2, 0.25) is 0 Å². The van der Waals surface area contributed by atoms with Crippen LogP contribution in [0.4, 0.5) is 5.88 Å². The van der Waals surface area contributed by atoms with Crippen molar-refractivity contribution in [3.8, 4) is 22.5 Å². The summed E-state index contributed by atoms with van der Waals surface area (Å²) in [4.78, 5) is 11.9. The molecular weight excluding hydrogens is 374 g/mol. The Bertz CT molecular complexity index is 1030. The molecule has 28 heavy (non-hydrogen) atoms. The maximum Gasteiger partial charge on any atom is 0.320 e. The number of nitrogens with zero attached hydrogens (tertiary/aromatic N) is 4. The fourth-order valence-corrected chi connectivity index (χ4v) is 3.34. The lowest BCUT2D eigenvalue weighted by atomic mass is 10.1. The molecule has 4 aromatic rings. The summed E-state index contributed by atoms with van der Waals surface area (Å²) in [6.07, 6.45) is 1.54. The third-order valence-electron chi connectivity index (χ3n) is 3.92. The first kappa shape index (κ1) is 18.0. The molecule has 2 aromatic carbocycles. The Kier molecular flexibility index (Phi) is 5.20. The molecule has 0 saturated heterocycles. The predicted octanol–water partition coefficient (Wildman–Crippen LogP) is 2.74. The molecule has 0 aliphatic heterocycles. The van der Waals surface area contributed by atoms with Crippen LogP contribution < -0.4 is 9.79 Å². The van der Waals surface area contributed by atoms with Crippen LogP contribution in [0.15, 0.2) is 81.5 Å². The molecule has 140 valence electrons. The van der Waals surface area contributed by atoms with Crippen molar-refractivity contribution in [1.29, 1.82) is 0 Å². The zero-order valence-corrected chi connectivity index (χ0v) is 15.9. The second-order valence-electron chi connectivity index (χ2n) is 6.01. The van der Waals surface area contributed by atoms with Gasteiger partial charge in [-0.3, -0.25) is 4.52 Å². The van der Waals surface area contributed by atoms with Gasteiger partial charge in [0, 0.05) is 16.9 Å². The van der Waals surface area contributed by atoms with Crippen molar-refractivity contribution in [2.45, 2.75) is 5.16 Å². The Hall–Kier alpha value is -3.39. The first-order valence-electron chi connectivity index (χ1n) is 8.60. The number of hydrogen-bond donors (Lipinski definition) is 1. The fraction of sp³-hybridized carbons (Fsp3) is 0.100. The molecule has 0 atom stereocenters. The first-order chi connectivity index (χ1) is 13.7. The molecule has 0 fully saturated rings. The van der Waals surface area contributed by atoms with Crippen molar-refractivity contribution in [3.05, 3.63) is 66.9 Å². The summed E-state index contributed by atoms with van der Waals surface area (Å²) < 4.78 is 6.37. The van der Waals surface area contributed by atoms with Crippen LogP contribution in [-0.4, -0.2) is 26.9 Å². The molecule has 0 spiro atoms. The Balaban J connectivity index is 1.60. The standard InChI is InChI=1S/C20H17N5O2S/c1-25-12-17(27-24-25)21-16(26)13-28-20-22-18(14-8-4-2-5-9-14)19(23-20)15-10-6-3-7-11-15/h2-12H,13H2,1H3,(H-,21,22,23,24,26). The molecule has 0 radical (unpaired) electrons. The van der Waals surface area contributed by atoms with E-state index in [2.05, 4.69) is 15.2 Å². The van der Waals surface area contributed by atoms with Crippen LogP contribution in [0.3, 0.4) is 0 Å². The summed E-state index contributed by atoms with van der Waals surface area (Å²) in [7, 11) is 1.70. The molecule has 2 heterocycles.